The summed E-state index contributed by atoms with van der Waals surface area (Å²) in [5.41, 5.74) is 0.906. The number of amides is 1. The lowest BCUT2D eigenvalue weighted by molar-refractivity contribution is -0.150. The van der Waals surface area contributed by atoms with Gasteiger partial charge in [0.15, 0.2) is 0 Å². The molecule has 1 atom stereocenters. The second-order valence-electron chi connectivity index (χ2n) is 3.85. The van der Waals surface area contributed by atoms with Crippen LogP contribution in [0.25, 0.3) is 0 Å². The second-order valence-corrected chi connectivity index (χ2v) is 3.85. The van der Waals surface area contributed by atoms with Crippen LogP contribution in [0.15, 0.2) is 24.4 Å². The molecule has 18 heavy (non-hydrogen) atoms. The van der Waals surface area contributed by atoms with Crippen molar-refractivity contribution in [2.75, 3.05) is 13.7 Å². The van der Waals surface area contributed by atoms with Crippen molar-refractivity contribution in [2.45, 2.75) is 19.8 Å². The Bertz CT molecular complexity index is 392. The zero-order valence-electron chi connectivity index (χ0n) is 10.7. The summed E-state index contributed by atoms with van der Waals surface area (Å²) < 4.78 is 4.58. The number of carbonyl (C=O) groups excluding carboxylic acids is 2. The number of carbonyl (C=O) groups is 2. The van der Waals surface area contributed by atoms with E-state index in [2.05, 4.69) is 15.0 Å². The smallest absolute Gasteiger partial charge is 0.318 e. The molecular weight excluding hydrogens is 232 g/mol. The van der Waals surface area contributed by atoms with E-state index in [9.17, 15) is 9.59 Å². The third-order valence-corrected chi connectivity index (χ3v) is 2.62. The highest BCUT2D eigenvalue weighted by Gasteiger charge is 2.24. The minimum Gasteiger partial charge on any atom is -0.468 e. The third kappa shape index (κ3) is 4.16. The number of pyridine rings is 1. The summed E-state index contributed by atoms with van der Waals surface area (Å²) in [5.74, 6) is -1.51. The quantitative estimate of drug-likeness (QED) is 0.602. The van der Waals surface area contributed by atoms with Crippen molar-refractivity contribution in [3.63, 3.8) is 0 Å². The Morgan fingerprint density at radius 2 is 2.22 bits per heavy atom. The Morgan fingerprint density at radius 1 is 1.44 bits per heavy atom. The van der Waals surface area contributed by atoms with Gasteiger partial charge in [-0.3, -0.25) is 14.6 Å². The molecule has 1 N–H and O–H groups in total. The third-order valence-electron chi connectivity index (χ3n) is 2.62. The van der Waals surface area contributed by atoms with Crippen molar-refractivity contribution < 1.29 is 14.3 Å². The predicted molar refractivity (Wildman–Crippen MR) is 66.7 cm³/mol. The van der Waals surface area contributed by atoms with Crippen LogP contribution in [0.2, 0.25) is 0 Å². The fourth-order valence-corrected chi connectivity index (χ4v) is 1.58. The Labute approximate surface area is 107 Å². The molecule has 5 nitrogen and oxygen atoms in total. The maximum Gasteiger partial charge on any atom is 0.318 e. The highest BCUT2D eigenvalue weighted by atomic mass is 16.5. The highest BCUT2D eigenvalue weighted by Crippen LogP contribution is 2.05. The summed E-state index contributed by atoms with van der Waals surface area (Å²) in [5, 5.41) is 2.72. The van der Waals surface area contributed by atoms with Gasteiger partial charge in [0.1, 0.15) is 5.92 Å². The average Bonchev–Trinajstić information content (AvgIpc) is 2.40. The molecule has 0 aliphatic rings. The van der Waals surface area contributed by atoms with Crippen LogP contribution in [0.3, 0.4) is 0 Å². The van der Waals surface area contributed by atoms with Crippen LogP contribution in [0.4, 0.5) is 0 Å². The van der Waals surface area contributed by atoms with Gasteiger partial charge in [-0.25, -0.2) is 0 Å². The van der Waals surface area contributed by atoms with Gasteiger partial charge in [-0.2, -0.15) is 0 Å². The van der Waals surface area contributed by atoms with Gasteiger partial charge in [0.25, 0.3) is 0 Å². The molecule has 0 aliphatic heterocycles. The number of rotatable bonds is 6. The fourth-order valence-electron chi connectivity index (χ4n) is 1.58. The van der Waals surface area contributed by atoms with E-state index < -0.39 is 11.9 Å². The first kappa shape index (κ1) is 14.2. The molecule has 0 spiro atoms. The van der Waals surface area contributed by atoms with E-state index >= 15 is 0 Å². The largest absolute Gasteiger partial charge is 0.468 e. The monoisotopic (exact) mass is 250 g/mol. The molecule has 0 saturated heterocycles. The van der Waals surface area contributed by atoms with E-state index in [1.807, 2.05) is 18.2 Å². The molecule has 1 rings (SSSR count). The van der Waals surface area contributed by atoms with Gasteiger partial charge in [-0.15, -0.1) is 0 Å². The van der Waals surface area contributed by atoms with Crippen molar-refractivity contribution in [1.82, 2.24) is 10.3 Å². The van der Waals surface area contributed by atoms with Crippen LogP contribution in [0, 0.1) is 5.92 Å². The molecule has 0 saturated carbocycles. The van der Waals surface area contributed by atoms with Crippen molar-refractivity contribution >= 4 is 11.9 Å². The predicted octanol–water partition coefficient (Wildman–Crippen LogP) is 0.939. The summed E-state index contributed by atoms with van der Waals surface area (Å²) in [6, 6.07) is 5.63. The summed E-state index contributed by atoms with van der Waals surface area (Å²) in [6.07, 6.45) is 2.78. The zero-order chi connectivity index (χ0) is 13.4. The van der Waals surface area contributed by atoms with E-state index in [0.29, 0.717) is 19.4 Å². The maximum atomic E-state index is 11.7. The molecular formula is C13H18N2O3. The number of nitrogens with zero attached hydrogens (tertiary/aromatic N) is 1. The Kier molecular flexibility index (Phi) is 5.84. The summed E-state index contributed by atoms with van der Waals surface area (Å²) in [6.45, 7) is 2.24. The van der Waals surface area contributed by atoms with E-state index in [4.69, 9.17) is 0 Å². The standard InChI is InChI=1S/C13H18N2O3/c1-3-11(13(17)18-2)12(16)15-9-7-10-6-4-5-8-14-10/h4-6,8,11H,3,7,9H2,1-2H3,(H,15,16). The van der Waals surface area contributed by atoms with Gasteiger partial charge < -0.3 is 10.1 Å². The van der Waals surface area contributed by atoms with Gasteiger partial charge in [0.2, 0.25) is 5.91 Å². The van der Waals surface area contributed by atoms with E-state index in [-0.39, 0.29) is 5.91 Å². The minimum absolute atomic E-state index is 0.291. The first-order valence-corrected chi connectivity index (χ1v) is 5.94. The molecule has 0 fully saturated rings. The van der Waals surface area contributed by atoms with E-state index in [1.54, 1.807) is 13.1 Å². The average molecular weight is 250 g/mol. The molecule has 98 valence electrons. The lowest BCUT2D eigenvalue weighted by atomic mass is 10.1. The Balaban J connectivity index is 2.38. The van der Waals surface area contributed by atoms with Gasteiger partial charge in [0, 0.05) is 24.9 Å². The molecule has 0 radical (unpaired) electrons. The number of hydrogen-bond acceptors (Lipinski definition) is 4. The van der Waals surface area contributed by atoms with Crippen LogP contribution in [0.5, 0.6) is 0 Å². The lowest BCUT2D eigenvalue weighted by Crippen LogP contribution is -2.36. The lowest BCUT2D eigenvalue weighted by Gasteiger charge is -2.12. The first-order valence-electron chi connectivity index (χ1n) is 5.94. The van der Waals surface area contributed by atoms with Gasteiger partial charge in [-0.05, 0) is 18.6 Å². The molecule has 1 aromatic heterocycles. The number of ether oxygens (including phenoxy) is 1. The van der Waals surface area contributed by atoms with Crippen LogP contribution >= 0.6 is 0 Å². The van der Waals surface area contributed by atoms with Crippen molar-refractivity contribution in [1.29, 1.82) is 0 Å². The summed E-state index contributed by atoms with van der Waals surface area (Å²) in [7, 11) is 1.28. The minimum atomic E-state index is -0.723. The maximum absolute atomic E-state index is 11.7. The van der Waals surface area contributed by atoms with E-state index in [0.717, 1.165) is 5.69 Å². The molecule has 5 heteroatoms. The number of hydrogen-bond donors (Lipinski definition) is 1. The van der Waals surface area contributed by atoms with Crippen molar-refractivity contribution in [2.24, 2.45) is 5.92 Å². The summed E-state index contributed by atoms with van der Waals surface area (Å²) in [4.78, 5) is 27.2. The molecule has 1 amide bonds. The van der Waals surface area contributed by atoms with E-state index in [1.165, 1.54) is 7.11 Å². The molecule has 0 bridgehead atoms. The first-order chi connectivity index (χ1) is 8.69. The molecule has 0 aliphatic carbocycles. The van der Waals surface area contributed by atoms with Crippen LogP contribution in [-0.2, 0) is 20.7 Å². The van der Waals surface area contributed by atoms with Gasteiger partial charge in [-0.1, -0.05) is 13.0 Å². The van der Waals surface area contributed by atoms with Gasteiger partial charge in [0.05, 0.1) is 7.11 Å². The zero-order valence-corrected chi connectivity index (χ0v) is 10.7. The molecule has 1 aromatic rings. The molecule has 1 heterocycles. The summed E-state index contributed by atoms with van der Waals surface area (Å²) >= 11 is 0. The number of aromatic nitrogens is 1. The van der Waals surface area contributed by atoms with Gasteiger partial charge >= 0.3 is 5.97 Å². The number of esters is 1. The second kappa shape index (κ2) is 7.42. The van der Waals surface area contributed by atoms with Crippen LogP contribution < -0.4 is 5.32 Å². The Morgan fingerprint density at radius 3 is 2.78 bits per heavy atom. The SMILES string of the molecule is CCC(C(=O)NCCc1ccccn1)C(=O)OC. The fraction of sp³-hybridized carbons (Fsp3) is 0.462. The molecule has 1 unspecified atom stereocenters. The van der Waals surface area contributed by atoms with Crippen LogP contribution in [0.1, 0.15) is 19.0 Å². The van der Waals surface area contributed by atoms with Crippen LogP contribution in [-0.4, -0.2) is 30.5 Å². The van der Waals surface area contributed by atoms with Crippen molar-refractivity contribution in [3.05, 3.63) is 30.1 Å². The van der Waals surface area contributed by atoms with Crippen molar-refractivity contribution in [3.8, 4) is 0 Å². The molecule has 0 aromatic carbocycles. The topological polar surface area (TPSA) is 68.3 Å². The highest BCUT2D eigenvalue weighted by molar-refractivity contribution is 5.97. The number of methoxy groups -OCH3 is 1. The Hall–Kier alpha value is -1.91. The normalized spacial score (nSPS) is 11.7. The number of nitrogens with one attached hydrogen (secondary N) is 1.